The lowest BCUT2D eigenvalue weighted by Gasteiger charge is -2.13. The van der Waals surface area contributed by atoms with Gasteiger partial charge in [-0.25, -0.2) is 4.98 Å². The van der Waals surface area contributed by atoms with E-state index in [1.165, 1.54) is 25.7 Å². The summed E-state index contributed by atoms with van der Waals surface area (Å²) >= 11 is 0. The molecule has 0 aliphatic heterocycles. The van der Waals surface area contributed by atoms with Crippen LogP contribution in [0.15, 0.2) is 42.7 Å². The van der Waals surface area contributed by atoms with Gasteiger partial charge >= 0.3 is 0 Å². The molecule has 1 amide bonds. The minimum absolute atomic E-state index is 0.436. The summed E-state index contributed by atoms with van der Waals surface area (Å²) in [5.41, 5.74) is 7.52. The summed E-state index contributed by atoms with van der Waals surface area (Å²) in [6.07, 6.45) is 8.95. The van der Waals surface area contributed by atoms with Crippen LogP contribution in [-0.2, 0) is 0 Å². The van der Waals surface area contributed by atoms with Gasteiger partial charge in [0.05, 0.1) is 0 Å². The lowest BCUT2D eigenvalue weighted by atomic mass is 10.2. The summed E-state index contributed by atoms with van der Waals surface area (Å²) in [5, 5.41) is 4.23. The van der Waals surface area contributed by atoms with Gasteiger partial charge in [0.2, 0.25) is 11.9 Å². The van der Waals surface area contributed by atoms with Gasteiger partial charge in [0, 0.05) is 35.1 Å². The van der Waals surface area contributed by atoms with Gasteiger partial charge in [-0.15, -0.1) is 0 Å². The molecule has 3 N–H and O–H groups in total. The average Bonchev–Trinajstić information content (AvgIpc) is 3.24. The predicted molar refractivity (Wildman–Crippen MR) is 93.3 cm³/mol. The number of nitrogens with two attached hydrogens (primary N) is 1. The van der Waals surface area contributed by atoms with Crippen molar-refractivity contribution in [2.45, 2.75) is 31.7 Å². The van der Waals surface area contributed by atoms with E-state index in [1.54, 1.807) is 24.3 Å². The quantitative estimate of drug-likeness (QED) is 0.771. The molecular weight excluding hydrogens is 302 g/mol. The summed E-state index contributed by atoms with van der Waals surface area (Å²) in [6.45, 7) is 0. The molecule has 2 aromatic heterocycles. The Morgan fingerprint density at radius 3 is 2.62 bits per heavy atom. The molecule has 1 aromatic carbocycles. The highest BCUT2D eigenvalue weighted by atomic mass is 16.1. The zero-order valence-electron chi connectivity index (χ0n) is 13.3. The molecule has 3 aromatic rings. The van der Waals surface area contributed by atoms with E-state index in [2.05, 4.69) is 32.1 Å². The van der Waals surface area contributed by atoms with E-state index in [0.717, 1.165) is 16.7 Å². The molecule has 0 unspecified atom stereocenters. The number of benzene rings is 1. The molecule has 0 spiro atoms. The van der Waals surface area contributed by atoms with Gasteiger partial charge in [-0.1, -0.05) is 12.8 Å². The number of nitrogens with zero attached hydrogens (tertiary/aromatic N) is 3. The maximum absolute atomic E-state index is 11.1. The molecule has 24 heavy (non-hydrogen) atoms. The number of carbonyl (C=O) groups excluding carboxylic acids is 1. The standard InChI is InChI=1S/C18H19N5O/c19-16(24)12-5-7-14(8-6-12)21-18-20-11-13-9-10-23(17(13)22-18)15-3-1-2-4-15/h5-11,15H,1-4H2,(H2,19,24)(H,20,21,22). The Kier molecular flexibility index (Phi) is 3.65. The number of fused-ring (bicyclic) bond motifs is 1. The molecule has 6 nitrogen and oxygen atoms in total. The van der Waals surface area contributed by atoms with Crippen LogP contribution in [-0.4, -0.2) is 20.4 Å². The monoisotopic (exact) mass is 321 g/mol. The maximum Gasteiger partial charge on any atom is 0.248 e. The van der Waals surface area contributed by atoms with Gasteiger partial charge in [0.15, 0.2) is 0 Å². The number of rotatable bonds is 4. The molecule has 0 radical (unpaired) electrons. The highest BCUT2D eigenvalue weighted by Crippen LogP contribution is 2.32. The third-order valence-electron chi connectivity index (χ3n) is 4.60. The van der Waals surface area contributed by atoms with Crippen molar-refractivity contribution in [2.24, 2.45) is 5.73 Å². The molecule has 0 atom stereocenters. The van der Waals surface area contributed by atoms with Crippen LogP contribution in [0, 0.1) is 0 Å². The molecule has 4 rings (SSSR count). The molecule has 122 valence electrons. The fraction of sp³-hybridized carbons (Fsp3) is 0.278. The summed E-state index contributed by atoms with van der Waals surface area (Å²) in [4.78, 5) is 20.2. The average molecular weight is 321 g/mol. The number of hydrogen-bond donors (Lipinski definition) is 2. The minimum atomic E-state index is -0.436. The Morgan fingerprint density at radius 1 is 1.17 bits per heavy atom. The second-order valence-electron chi connectivity index (χ2n) is 6.20. The topological polar surface area (TPSA) is 85.8 Å². The first-order valence-corrected chi connectivity index (χ1v) is 8.21. The predicted octanol–water partition coefficient (Wildman–Crippen LogP) is 3.39. The Labute approximate surface area is 139 Å². The van der Waals surface area contributed by atoms with Crippen LogP contribution in [0.25, 0.3) is 11.0 Å². The van der Waals surface area contributed by atoms with E-state index in [9.17, 15) is 4.79 Å². The van der Waals surface area contributed by atoms with E-state index in [1.807, 2.05) is 6.20 Å². The van der Waals surface area contributed by atoms with Crippen LogP contribution in [0.4, 0.5) is 11.6 Å². The van der Waals surface area contributed by atoms with E-state index in [4.69, 9.17) is 5.73 Å². The van der Waals surface area contributed by atoms with E-state index in [-0.39, 0.29) is 0 Å². The summed E-state index contributed by atoms with van der Waals surface area (Å²) in [5.74, 6) is 0.112. The SMILES string of the molecule is NC(=O)c1ccc(Nc2ncc3ccn(C4CCCC4)c3n2)cc1. The normalized spacial score (nSPS) is 15.0. The van der Waals surface area contributed by atoms with Crippen molar-refractivity contribution in [3.63, 3.8) is 0 Å². The second-order valence-corrected chi connectivity index (χ2v) is 6.20. The smallest absolute Gasteiger partial charge is 0.248 e. The van der Waals surface area contributed by atoms with Crippen molar-refractivity contribution >= 4 is 28.6 Å². The first-order chi connectivity index (χ1) is 11.7. The molecular formula is C18H19N5O. The third-order valence-corrected chi connectivity index (χ3v) is 4.60. The van der Waals surface area contributed by atoms with E-state index >= 15 is 0 Å². The van der Waals surface area contributed by atoms with Gasteiger partial charge in [0.25, 0.3) is 0 Å². The molecule has 1 aliphatic rings. The van der Waals surface area contributed by atoms with Crippen molar-refractivity contribution < 1.29 is 4.79 Å². The summed E-state index contributed by atoms with van der Waals surface area (Å²) in [6, 6.07) is 9.57. The fourth-order valence-electron chi connectivity index (χ4n) is 3.32. The lowest BCUT2D eigenvalue weighted by molar-refractivity contribution is 0.100. The van der Waals surface area contributed by atoms with Crippen molar-refractivity contribution in [3.8, 4) is 0 Å². The number of nitrogens with one attached hydrogen (secondary N) is 1. The summed E-state index contributed by atoms with van der Waals surface area (Å²) in [7, 11) is 0. The molecule has 1 fully saturated rings. The Morgan fingerprint density at radius 2 is 1.92 bits per heavy atom. The van der Waals surface area contributed by atoms with Crippen LogP contribution in [0.3, 0.4) is 0 Å². The second kappa shape index (κ2) is 5.96. The van der Waals surface area contributed by atoms with E-state index in [0.29, 0.717) is 17.6 Å². The van der Waals surface area contributed by atoms with Crippen LogP contribution in [0.2, 0.25) is 0 Å². The Hall–Kier alpha value is -2.89. The number of anilines is 2. The minimum Gasteiger partial charge on any atom is -0.366 e. The lowest BCUT2D eigenvalue weighted by Crippen LogP contribution is -2.10. The van der Waals surface area contributed by atoms with Gasteiger partial charge in [-0.2, -0.15) is 4.98 Å². The van der Waals surface area contributed by atoms with Crippen molar-refractivity contribution in [3.05, 3.63) is 48.3 Å². The van der Waals surface area contributed by atoms with Crippen LogP contribution in [0.5, 0.6) is 0 Å². The molecule has 0 saturated heterocycles. The molecule has 1 saturated carbocycles. The highest BCUT2D eigenvalue weighted by Gasteiger charge is 2.19. The Balaban J connectivity index is 1.62. The molecule has 2 heterocycles. The molecule has 1 aliphatic carbocycles. The first kappa shape index (κ1) is 14.7. The molecule has 0 bridgehead atoms. The Bertz CT molecular complexity index is 878. The highest BCUT2D eigenvalue weighted by molar-refractivity contribution is 5.93. The van der Waals surface area contributed by atoms with Gasteiger partial charge in [0.1, 0.15) is 5.65 Å². The number of carbonyl (C=O) groups is 1. The molecule has 6 heteroatoms. The van der Waals surface area contributed by atoms with Gasteiger partial charge in [-0.3, -0.25) is 4.79 Å². The van der Waals surface area contributed by atoms with Gasteiger partial charge < -0.3 is 15.6 Å². The van der Waals surface area contributed by atoms with Crippen molar-refractivity contribution in [1.29, 1.82) is 0 Å². The van der Waals surface area contributed by atoms with Gasteiger partial charge in [-0.05, 0) is 43.2 Å². The van der Waals surface area contributed by atoms with Crippen LogP contribution in [0.1, 0.15) is 42.1 Å². The zero-order chi connectivity index (χ0) is 16.5. The fourth-order valence-corrected chi connectivity index (χ4v) is 3.32. The van der Waals surface area contributed by atoms with Crippen LogP contribution >= 0.6 is 0 Å². The van der Waals surface area contributed by atoms with E-state index < -0.39 is 5.91 Å². The largest absolute Gasteiger partial charge is 0.366 e. The number of hydrogen-bond acceptors (Lipinski definition) is 4. The zero-order valence-corrected chi connectivity index (χ0v) is 13.3. The van der Waals surface area contributed by atoms with Crippen molar-refractivity contribution in [1.82, 2.24) is 14.5 Å². The number of primary amides is 1. The first-order valence-electron chi connectivity index (χ1n) is 8.21. The van der Waals surface area contributed by atoms with Crippen LogP contribution < -0.4 is 11.1 Å². The number of aromatic nitrogens is 3. The third kappa shape index (κ3) is 2.71. The summed E-state index contributed by atoms with van der Waals surface area (Å²) < 4.78 is 2.27. The van der Waals surface area contributed by atoms with Crippen molar-refractivity contribution in [2.75, 3.05) is 5.32 Å². The number of amides is 1. The maximum atomic E-state index is 11.1.